The minimum Gasteiger partial charge on any atom is -0.357 e. The van der Waals surface area contributed by atoms with Crippen molar-refractivity contribution in [1.29, 1.82) is 0 Å². The first-order valence-corrected chi connectivity index (χ1v) is 11.9. The smallest absolute Gasteiger partial charge is 0.251 e. The third kappa shape index (κ3) is 8.51. The first-order valence-electron chi connectivity index (χ1n) is 11.9. The molecule has 0 aromatic heterocycles. The molecule has 1 atom stereocenters. The summed E-state index contributed by atoms with van der Waals surface area (Å²) in [5.41, 5.74) is 1.73. The monoisotopic (exact) mass is 556 g/mol. The second-order valence-electron chi connectivity index (χ2n) is 9.02. The summed E-state index contributed by atoms with van der Waals surface area (Å²) in [6.07, 6.45) is 6.66. The van der Waals surface area contributed by atoms with Crippen molar-refractivity contribution in [2.24, 2.45) is 4.99 Å². The van der Waals surface area contributed by atoms with Gasteiger partial charge in [-0.3, -0.25) is 9.69 Å². The Morgan fingerprint density at radius 1 is 1.19 bits per heavy atom. The Hall–Kier alpha value is -1.39. The zero-order valence-electron chi connectivity index (χ0n) is 19.9. The van der Waals surface area contributed by atoms with Crippen LogP contribution in [0, 0.1) is 0 Å². The second-order valence-corrected chi connectivity index (χ2v) is 9.02. The van der Waals surface area contributed by atoms with E-state index in [1.165, 1.54) is 38.6 Å². The summed E-state index contributed by atoms with van der Waals surface area (Å²) in [6, 6.07) is 9.00. The molecule has 3 rings (SSSR count). The molecule has 1 heterocycles. The summed E-state index contributed by atoms with van der Waals surface area (Å²) in [6.45, 7) is 7.24. The molecule has 8 heteroatoms. The summed E-state index contributed by atoms with van der Waals surface area (Å²) >= 11 is 0. The zero-order valence-corrected chi connectivity index (χ0v) is 22.2. The van der Waals surface area contributed by atoms with Crippen LogP contribution in [0.2, 0.25) is 0 Å². The van der Waals surface area contributed by atoms with Gasteiger partial charge in [0.2, 0.25) is 0 Å². The van der Waals surface area contributed by atoms with Gasteiger partial charge in [0.05, 0.1) is 6.54 Å². The molecule has 2 aliphatic rings. The van der Waals surface area contributed by atoms with Crippen LogP contribution in [0.15, 0.2) is 29.3 Å². The highest BCUT2D eigenvalue weighted by Gasteiger charge is 2.30. The van der Waals surface area contributed by atoms with Crippen molar-refractivity contribution >= 4 is 35.8 Å². The topological polar surface area (TPSA) is 72.0 Å². The Labute approximate surface area is 210 Å². The lowest BCUT2D eigenvalue weighted by Gasteiger charge is -2.24. The van der Waals surface area contributed by atoms with Gasteiger partial charge in [-0.15, -0.1) is 24.0 Å². The number of carbonyl (C=O) groups excluding carboxylic acids is 1. The van der Waals surface area contributed by atoms with E-state index in [9.17, 15) is 4.79 Å². The molecule has 0 radical (unpaired) electrons. The van der Waals surface area contributed by atoms with E-state index in [1.54, 1.807) is 0 Å². The van der Waals surface area contributed by atoms with Gasteiger partial charge in [0.25, 0.3) is 5.91 Å². The van der Waals surface area contributed by atoms with Crippen LogP contribution in [0.3, 0.4) is 0 Å². The SMILES string of the molecule is CCNC(=NCc1cccc(C(=O)NCCN(C)C)c1)NC1CCN(C2CCCC2)C1.I. The third-order valence-corrected chi connectivity index (χ3v) is 6.20. The summed E-state index contributed by atoms with van der Waals surface area (Å²) in [5.74, 6) is 0.831. The van der Waals surface area contributed by atoms with Gasteiger partial charge in [0, 0.05) is 50.4 Å². The molecule has 32 heavy (non-hydrogen) atoms. The number of halogens is 1. The van der Waals surface area contributed by atoms with Gasteiger partial charge in [-0.05, 0) is 58.0 Å². The Kier molecular flexibility index (Phi) is 11.7. The minimum absolute atomic E-state index is 0. The lowest BCUT2D eigenvalue weighted by Crippen LogP contribution is -2.45. The van der Waals surface area contributed by atoms with Gasteiger partial charge < -0.3 is 20.9 Å². The number of carbonyl (C=O) groups is 1. The van der Waals surface area contributed by atoms with Crippen LogP contribution in [0.25, 0.3) is 0 Å². The van der Waals surface area contributed by atoms with Crippen molar-refractivity contribution in [3.8, 4) is 0 Å². The van der Waals surface area contributed by atoms with Crippen LogP contribution in [-0.2, 0) is 6.54 Å². The third-order valence-electron chi connectivity index (χ3n) is 6.20. The highest BCUT2D eigenvalue weighted by Crippen LogP contribution is 2.26. The molecule has 1 saturated carbocycles. The van der Waals surface area contributed by atoms with E-state index in [-0.39, 0.29) is 29.9 Å². The summed E-state index contributed by atoms with van der Waals surface area (Å²) in [4.78, 5) is 21.9. The van der Waals surface area contributed by atoms with Gasteiger partial charge in [0.1, 0.15) is 0 Å². The first-order chi connectivity index (χ1) is 15.0. The van der Waals surface area contributed by atoms with Crippen molar-refractivity contribution < 1.29 is 4.79 Å². The predicted molar refractivity (Wildman–Crippen MR) is 143 cm³/mol. The highest BCUT2D eigenvalue weighted by molar-refractivity contribution is 14.0. The maximum Gasteiger partial charge on any atom is 0.251 e. The van der Waals surface area contributed by atoms with E-state index in [1.807, 2.05) is 38.4 Å². The Balaban J connectivity index is 0.00000363. The first kappa shape index (κ1) is 26.9. The fraction of sp³-hybridized carbons (Fsp3) is 0.667. The average molecular weight is 557 g/mol. The number of hydrogen-bond donors (Lipinski definition) is 3. The maximum atomic E-state index is 12.4. The van der Waals surface area contributed by atoms with E-state index in [0.717, 1.165) is 37.2 Å². The Morgan fingerprint density at radius 2 is 1.97 bits per heavy atom. The summed E-state index contributed by atoms with van der Waals surface area (Å²) in [5, 5.41) is 9.98. The molecular weight excluding hydrogens is 515 g/mol. The lowest BCUT2D eigenvalue weighted by atomic mass is 10.1. The van der Waals surface area contributed by atoms with Crippen LogP contribution < -0.4 is 16.0 Å². The largest absolute Gasteiger partial charge is 0.357 e. The van der Waals surface area contributed by atoms with Crippen molar-refractivity contribution in [2.45, 2.75) is 57.7 Å². The molecule has 0 bridgehead atoms. The fourth-order valence-electron chi connectivity index (χ4n) is 4.50. The quantitative estimate of drug-likeness (QED) is 0.248. The maximum absolute atomic E-state index is 12.4. The van der Waals surface area contributed by atoms with Crippen LogP contribution >= 0.6 is 24.0 Å². The number of likely N-dealkylation sites (N-methyl/N-ethyl adjacent to an activating group) is 1. The Bertz CT molecular complexity index is 735. The molecule has 3 N–H and O–H groups in total. The summed E-state index contributed by atoms with van der Waals surface area (Å²) in [7, 11) is 4.00. The van der Waals surface area contributed by atoms with Crippen LogP contribution in [-0.4, -0.2) is 80.6 Å². The molecule has 1 aromatic carbocycles. The summed E-state index contributed by atoms with van der Waals surface area (Å²) < 4.78 is 0. The van der Waals surface area contributed by atoms with Gasteiger partial charge in [0.15, 0.2) is 5.96 Å². The standard InChI is InChI=1S/C24H40N6O.HI/c1-4-25-24(28-21-12-14-30(18-21)22-10-5-6-11-22)27-17-19-8-7-9-20(16-19)23(31)26-13-15-29(2)3;/h7-9,16,21-22H,4-6,10-15,17-18H2,1-3H3,(H,26,31)(H2,25,27,28);1H. The number of aliphatic imine (C=N–C) groups is 1. The van der Waals surface area contributed by atoms with Gasteiger partial charge in [-0.2, -0.15) is 0 Å². The minimum atomic E-state index is -0.0318. The van der Waals surface area contributed by atoms with Gasteiger partial charge >= 0.3 is 0 Å². The van der Waals surface area contributed by atoms with Crippen LogP contribution in [0.5, 0.6) is 0 Å². The van der Waals surface area contributed by atoms with E-state index < -0.39 is 0 Å². The van der Waals surface area contributed by atoms with Crippen molar-refractivity contribution in [2.75, 3.05) is 46.8 Å². The molecule has 2 fully saturated rings. The van der Waals surface area contributed by atoms with Crippen molar-refractivity contribution in [1.82, 2.24) is 25.8 Å². The normalized spacial score (nSPS) is 19.8. The number of nitrogens with one attached hydrogen (secondary N) is 3. The molecule has 7 nitrogen and oxygen atoms in total. The number of amides is 1. The van der Waals surface area contributed by atoms with Crippen LogP contribution in [0.4, 0.5) is 0 Å². The van der Waals surface area contributed by atoms with E-state index in [2.05, 4.69) is 32.7 Å². The highest BCUT2D eigenvalue weighted by atomic mass is 127. The predicted octanol–water partition coefficient (Wildman–Crippen LogP) is 2.67. The number of guanidine groups is 1. The number of hydrogen-bond acceptors (Lipinski definition) is 4. The van der Waals surface area contributed by atoms with E-state index >= 15 is 0 Å². The van der Waals surface area contributed by atoms with Crippen molar-refractivity contribution in [3.05, 3.63) is 35.4 Å². The molecule has 1 unspecified atom stereocenters. The zero-order chi connectivity index (χ0) is 22.1. The van der Waals surface area contributed by atoms with Gasteiger partial charge in [-0.25, -0.2) is 4.99 Å². The molecular formula is C24H41IN6O. The molecule has 1 saturated heterocycles. The van der Waals surface area contributed by atoms with E-state index in [4.69, 9.17) is 4.99 Å². The number of nitrogens with zero attached hydrogens (tertiary/aromatic N) is 3. The van der Waals surface area contributed by atoms with Gasteiger partial charge in [-0.1, -0.05) is 25.0 Å². The lowest BCUT2D eigenvalue weighted by molar-refractivity contribution is 0.0951. The molecule has 1 aromatic rings. The molecule has 1 amide bonds. The number of likely N-dealkylation sites (tertiary alicyclic amines) is 1. The molecule has 180 valence electrons. The fourth-order valence-corrected chi connectivity index (χ4v) is 4.50. The number of benzene rings is 1. The number of rotatable bonds is 9. The second kappa shape index (κ2) is 14.0. The molecule has 0 spiro atoms. The average Bonchev–Trinajstić information content (AvgIpc) is 3.44. The van der Waals surface area contributed by atoms with Crippen LogP contribution in [0.1, 0.15) is 54.9 Å². The molecule has 1 aliphatic carbocycles. The Morgan fingerprint density at radius 3 is 2.69 bits per heavy atom. The molecule has 1 aliphatic heterocycles. The van der Waals surface area contributed by atoms with Crippen molar-refractivity contribution in [3.63, 3.8) is 0 Å². The van der Waals surface area contributed by atoms with E-state index in [0.29, 0.717) is 24.7 Å².